The molecule has 0 amide bonds. The smallest absolute Gasteiger partial charge is 0.207 e. The molecule has 1 aromatic rings. The lowest BCUT2D eigenvalue weighted by Gasteiger charge is -2.38. The molecule has 0 spiro atoms. The molecule has 2 rings (SSSR count). The average molecular weight is 285 g/mol. The maximum Gasteiger partial charge on any atom is 0.243 e. The van der Waals surface area contributed by atoms with E-state index in [0.29, 0.717) is 0 Å². The molecule has 0 saturated heterocycles. The Morgan fingerprint density at radius 1 is 1.26 bits per heavy atom. The summed E-state index contributed by atoms with van der Waals surface area (Å²) in [4.78, 5) is -0.267. The molecule has 1 N–H and O–H groups in total. The van der Waals surface area contributed by atoms with E-state index in [-0.39, 0.29) is 16.4 Å². The Morgan fingerprint density at radius 3 is 2.58 bits per heavy atom. The number of hydrogen-bond donors (Lipinski definition) is 1. The number of rotatable bonds is 3. The van der Waals surface area contributed by atoms with Crippen molar-refractivity contribution in [3.05, 3.63) is 30.1 Å². The molecule has 19 heavy (non-hydrogen) atoms. The van der Waals surface area contributed by atoms with Crippen molar-refractivity contribution in [3.8, 4) is 0 Å². The van der Waals surface area contributed by atoms with Crippen LogP contribution in [0.4, 0.5) is 4.39 Å². The summed E-state index contributed by atoms with van der Waals surface area (Å²) in [6.45, 7) is 4.11. The topological polar surface area (TPSA) is 46.2 Å². The average Bonchev–Trinajstić information content (AvgIpc) is 2.32. The van der Waals surface area contributed by atoms with Crippen molar-refractivity contribution >= 4 is 10.0 Å². The van der Waals surface area contributed by atoms with Gasteiger partial charge in [0.1, 0.15) is 10.7 Å². The van der Waals surface area contributed by atoms with E-state index in [2.05, 4.69) is 18.6 Å². The molecule has 106 valence electrons. The van der Waals surface area contributed by atoms with Gasteiger partial charge in [-0.2, -0.15) is 0 Å². The van der Waals surface area contributed by atoms with Crippen LogP contribution in [-0.2, 0) is 10.0 Å². The molecule has 0 aliphatic heterocycles. The highest BCUT2D eigenvalue weighted by Gasteiger charge is 2.35. The first-order valence-electron chi connectivity index (χ1n) is 6.60. The summed E-state index contributed by atoms with van der Waals surface area (Å²) in [5.74, 6) is -0.705. The van der Waals surface area contributed by atoms with Crippen molar-refractivity contribution in [1.82, 2.24) is 4.72 Å². The molecule has 3 nitrogen and oxygen atoms in total. The third-order valence-corrected chi connectivity index (χ3v) is 5.44. The molecule has 1 fully saturated rings. The third-order valence-electron chi connectivity index (χ3n) is 3.93. The lowest BCUT2D eigenvalue weighted by molar-refractivity contribution is 0.188. The van der Waals surface area contributed by atoms with Crippen molar-refractivity contribution < 1.29 is 12.8 Å². The van der Waals surface area contributed by atoms with E-state index < -0.39 is 15.8 Å². The highest BCUT2D eigenvalue weighted by atomic mass is 32.2. The summed E-state index contributed by atoms with van der Waals surface area (Å²) in [5.41, 5.74) is -0.0867. The van der Waals surface area contributed by atoms with Gasteiger partial charge in [0.05, 0.1) is 0 Å². The fourth-order valence-electron chi connectivity index (χ4n) is 2.63. The second-order valence-corrected chi connectivity index (χ2v) is 7.52. The Kier molecular flexibility index (Phi) is 3.97. The number of nitrogens with one attached hydrogen (secondary N) is 1. The predicted molar refractivity (Wildman–Crippen MR) is 72.8 cm³/mol. The van der Waals surface area contributed by atoms with Crippen molar-refractivity contribution in [1.29, 1.82) is 0 Å². The zero-order chi connectivity index (χ0) is 14.1. The summed E-state index contributed by atoms with van der Waals surface area (Å²) in [6, 6.07) is 5.35. The van der Waals surface area contributed by atoms with Gasteiger partial charge in [0.25, 0.3) is 0 Å². The van der Waals surface area contributed by atoms with E-state index in [1.807, 2.05) is 0 Å². The summed E-state index contributed by atoms with van der Waals surface area (Å²) in [5, 5.41) is 0. The van der Waals surface area contributed by atoms with Crippen LogP contribution in [0.1, 0.15) is 39.5 Å². The Morgan fingerprint density at radius 2 is 1.95 bits per heavy atom. The third kappa shape index (κ3) is 3.15. The molecular formula is C14H20FNO2S. The van der Waals surface area contributed by atoms with Crippen LogP contribution in [0.2, 0.25) is 0 Å². The molecule has 1 aliphatic rings. The lowest BCUT2D eigenvalue weighted by Crippen LogP contribution is -2.46. The maximum absolute atomic E-state index is 13.6. The van der Waals surface area contributed by atoms with Crippen LogP contribution in [0.15, 0.2) is 29.2 Å². The SMILES string of the molecule is CC1(C)CCCCC1NS(=O)(=O)c1ccccc1F. The van der Waals surface area contributed by atoms with E-state index >= 15 is 0 Å². The molecule has 5 heteroatoms. The van der Waals surface area contributed by atoms with Crippen LogP contribution in [-0.4, -0.2) is 14.5 Å². The number of benzene rings is 1. The summed E-state index contributed by atoms with van der Waals surface area (Å²) >= 11 is 0. The van der Waals surface area contributed by atoms with Gasteiger partial charge in [-0.15, -0.1) is 0 Å². The fourth-order valence-corrected chi connectivity index (χ4v) is 4.15. The number of sulfonamides is 1. The minimum Gasteiger partial charge on any atom is -0.207 e. The highest BCUT2D eigenvalue weighted by Crippen LogP contribution is 2.36. The van der Waals surface area contributed by atoms with Gasteiger partial charge in [-0.1, -0.05) is 38.8 Å². The second kappa shape index (κ2) is 5.21. The van der Waals surface area contributed by atoms with Crippen LogP contribution in [0.25, 0.3) is 0 Å². The van der Waals surface area contributed by atoms with Crippen LogP contribution >= 0.6 is 0 Å². The largest absolute Gasteiger partial charge is 0.243 e. The quantitative estimate of drug-likeness (QED) is 0.927. The van der Waals surface area contributed by atoms with Gasteiger partial charge in [-0.25, -0.2) is 17.5 Å². The molecule has 1 unspecified atom stereocenters. The van der Waals surface area contributed by atoms with E-state index in [1.54, 1.807) is 0 Å². The van der Waals surface area contributed by atoms with Gasteiger partial charge in [-0.3, -0.25) is 0 Å². The summed E-state index contributed by atoms with van der Waals surface area (Å²) in [7, 11) is -3.79. The molecule has 1 saturated carbocycles. The summed E-state index contributed by atoms with van der Waals surface area (Å²) < 4.78 is 40.8. The van der Waals surface area contributed by atoms with Gasteiger partial charge in [0.2, 0.25) is 10.0 Å². The second-order valence-electron chi connectivity index (χ2n) is 5.84. The van der Waals surface area contributed by atoms with E-state index in [1.165, 1.54) is 24.3 Å². The van der Waals surface area contributed by atoms with Crippen molar-refractivity contribution in [2.24, 2.45) is 5.41 Å². The maximum atomic E-state index is 13.6. The van der Waals surface area contributed by atoms with Crippen LogP contribution in [0, 0.1) is 11.2 Å². The molecule has 0 aromatic heterocycles. The molecule has 1 aromatic carbocycles. The Balaban J connectivity index is 2.25. The van der Waals surface area contributed by atoms with E-state index in [0.717, 1.165) is 25.7 Å². The first kappa shape index (κ1) is 14.5. The predicted octanol–water partition coefficient (Wildman–Crippen LogP) is 3.07. The summed E-state index contributed by atoms with van der Waals surface area (Å²) in [6.07, 6.45) is 3.91. The molecule has 0 bridgehead atoms. The van der Waals surface area contributed by atoms with E-state index in [9.17, 15) is 12.8 Å². The minimum absolute atomic E-state index is 0.0867. The first-order chi connectivity index (χ1) is 8.83. The van der Waals surface area contributed by atoms with Crippen molar-refractivity contribution in [2.45, 2.75) is 50.5 Å². The number of halogens is 1. The Bertz CT molecular complexity index is 554. The number of hydrogen-bond acceptors (Lipinski definition) is 2. The standard InChI is InChI=1S/C14H20FNO2S/c1-14(2)10-6-5-9-13(14)16-19(17,18)12-8-4-3-7-11(12)15/h3-4,7-8,13,16H,5-6,9-10H2,1-2H3. The van der Waals surface area contributed by atoms with Gasteiger partial charge in [0, 0.05) is 6.04 Å². The monoisotopic (exact) mass is 285 g/mol. The normalized spacial score (nSPS) is 23.2. The van der Waals surface area contributed by atoms with Crippen LogP contribution < -0.4 is 4.72 Å². The first-order valence-corrected chi connectivity index (χ1v) is 8.08. The Labute approximate surface area is 114 Å². The molecule has 0 heterocycles. The highest BCUT2D eigenvalue weighted by molar-refractivity contribution is 7.89. The Hall–Kier alpha value is -0.940. The van der Waals surface area contributed by atoms with Crippen molar-refractivity contribution in [3.63, 3.8) is 0 Å². The minimum atomic E-state index is -3.79. The molecule has 1 atom stereocenters. The van der Waals surface area contributed by atoms with Gasteiger partial charge >= 0.3 is 0 Å². The molecule has 1 aliphatic carbocycles. The van der Waals surface area contributed by atoms with Gasteiger partial charge in [-0.05, 0) is 30.4 Å². The molecule has 0 radical (unpaired) electrons. The van der Waals surface area contributed by atoms with Crippen molar-refractivity contribution in [2.75, 3.05) is 0 Å². The zero-order valence-corrected chi connectivity index (χ0v) is 12.1. The zero-order valence-electron chi connectivity index (χ0n) is 11.3. The van der Waals surface area contributed by atoms with E-state index in [4.69, 9.17) is 0 Å². The fraction of sp³-hybridized carbons (Fsp3) is 0.571. The van der Waals surface area contributed by atoms with Gasteiger partial charge < -0.3 is 0 Å². The lowest BCUT2D eigenvalue weighted by atomic mass is 9.74. The van der Waals surface area contributed by atoms with Crippen LogP contribution in [0.3, 0.4) is 0 Å². The van der Waals surface area contributed by atoms with Crippen LogP contribution in [0.5, 0.6) is 0 Å². The molecular weight excluding hydrogens is 265 g/mol. The van der Waals surface area contributed by atoms with Gasteiger partial charge in [0.15, 0.2) is 0 Å².